The Labute approximate surface area is 132 Å². The molecular weight excluding hydrogens is 328 g/mol. The van der Waals surface area contributed by atoms with Crippen LogP contribution in [0.25, 0.3) is 0 Å². The van der Waals surface area contributed by atoms with E-state index in [1.54, 1.807) is 19.1 Å². The number of halogens is 2. The zero-order valence-electron chi connectivity index (χ0n) is 12.0. The number of thioether (sulfide) groups is 1. The molecule has 0 unspecified atom stereocenters. The van der Waals surface area contributed by atoms with Crippen LogP contribution in [-0.4, -0.2) is 14.2 Å². The Balaban J connectivity index is 2.23. The molecule has 0 radical (unpaired) electrons. The first-order chi connectivity index (χ1) is 10.3. The molecule has 0 saturated heterocycles. The number of nitrogens with one attached hydrogen (secondary N) is 1. The van der Waals surface area contributed by atoms with E-state index in [9.17, 15) is 17.2 Å². The van der Waals surface area contributed by atoms with Gasteiger partial charge >= 0.3 is 0 Å². The molecule has 7 heteroatoms. The van der Waals surface area contributed by atoms with Gasteiger partial charge in [0.2, 0.25) is 0 Å². The Morgan fingerprint density at radius 2 is 1.68 bits per heavy atom. The van der Waals surface area contributed by atoms with Crippen molar-refractivity contribution < 1.29 is 17.2 Å². The van der Waals surface area contributed by atoms with Crippen molar-refractivity contribution in [2.45, 2.75) is 29.4 Å². The third-order valence-electron chi connectivity index (χ3n) is 2.96. The SMILES string of the molecule is Cc1ccc(C)c(S(=O)(=O)Nc2ccc(SC(F)F)cc2)c1. The van der Waals surface area contributed by atoms with Crippen LogP contribution < -0.4 is 4.72 Å². The first kappa shape index (κ1) is 16.8. The lowest BCUT2D eigenvalue weighted by molar-refractivity contribution is 0.252. The molecule has 0 saturated carbocycles. The largest absolute Gasteiger partial charge is 0.288 e. The summed E-state index contributed by atoms with van der Waals surface area (Å²) in [7, 11) is -3.71. The molecule has 2 aromatic carbocycles. The number of hydrogen-bond acceptors (Lipinski definition) is 3. The molecule has 3 nitrogen and oxygen atoms in total. The summed E-state index contributed by atoms with van der Waals surface area (Å²) in [5.74, 6) is -2.50. The molecule has 0 bridgehead atoms. The second-order valence-electron chi connectivity index (χ2n) is 4.78. The van der Waals surface area contributed by atoms with Crippen LogP contribution in [0.3, 0.4) is 0 Å². The zero-order chi connectivity index (χ0) is 16.3. The van der Waals surface area contributed by atoms with Gasteiger partial charge in [0.15, 0.2) is 0 Å². The molecule has 22 heavy (non-hydrogen) atoms. The fourth-order valence-electron chi connectivity index (χ4n) is 1.91. The number of alkyl halides is 2. The van der Waals surface area contributed by atoms with Crippen molar-refractivity contribution in [1.82, 2.24) is 0 Å². The van der Waals surface area contributed by atoms with E-state index in [1.165, 1.54) is 24.3 Å². The second-order valence-corrected chi connectivity index (χ2v) is 7.49. The zero-order valence-corrected chi connectivity index (χ0v) is 13.6. The maximum absolute atomic E-state index is 12.4. The molecule has 2 rings (SSSR count). The van der Waals surface area contributed by atoms with Crippen LogP contribution in [0, 0.1) is 13.8 Å². The number of benzene rings is 2. The molecule has 2 aromatic rings. The first-order valence-electron chi connectivity index (χ1n) is 6.43. The van der Waals surface area contributed by atoms with Crippen LogP contribution in [0.15, 0.2) is 52.3 Å². The topological polar surface area (TPSA) is 46.2 Å². The maximum Gasteiger partial charge on any atom is 0.288 e. The van der Waals surface area contributed by atoms with E-state index in [2.05, 4.69) is 4.72 Å². The van der Waals surface area contributed by atoms with E-state index < -0.39 is 15.8 Å². The Morgan fingerprint density at radius 3 is 2.27 bits per heavy atom. The number of aryl methyl sites for hydroxylation is 2. The summed E-state index contributed by atoms with van der Waals surface area (Å²) in [5, 5.41) is 0. The Hall–Kier alpha value is -1.60. The van der Waals surface area contributed by atoms with Gasteiger partial charge in [-0.1, -0.05) is 23.9 Å². The lowest BCUT2D eigenvalue weighted by atomic mass is 10.2. The molecule has 118 valence electrons. The summed E-state index contributed by atoms with van der Waals surface area (Å²) in [6.45, 7) is 3.53. The van der Waals surface area contributed by atoms with Gasteiger partial charge in [-0.2, -0.15) is 8.78 Å². The third-order valence-corrected chi connectivity index (χ3v) is 5.21. The molecule has 0 aliphatic carbocycles. The number of anilines is 1. The third kappa shape index (κ3) is 4.20. The van der Waals surface area contributed by atoms with Crippen molar-refractivity contribution in [3.05, 3.63) is 53.6 Å². The van der Waals surface area contributed by atoms with Crippen molar-refractivity contribution in [2.75, 3.05) is 4.72 Å². The number of sulfonamides is 1. The van der Waals surface area contributed by atoms with Crippen LogP contribution in [0.5, 0.6) is 0 Å². The van der Waals surface area contributed by atoms with Crippen molar-refractivity contribution in [3.63, 3.8) is 0 Å². The van der Waals surface area contributed by atoms with Gasteiger partial charge in [-0.05, 0) is 55.3 Å². The van der Waals surface area contributed by atoms with E-state index in [0.717, 1.165) is 5.56 Å². The summed E-state index contributed by atoms with van der Waals surface area (Å²) >= 11 is 0.415. The fraction of sp³-hybridized carbons (Fsp3) is 0.200. The molecule has 0 heterocycles. The van der Waals surface area contributed by atoms with Crippen molar-refractivity contribution in [2.24, 2.45) is 0 Å². The number of hydrogen-bond donors (Lipinski definition) is 1. The monoisotopic (exact) mass is 343 g/mol. The molecule has 0 spiro atoms. The van der Waals surface area contributed by atoms with Crippen LogP contribution >= 0.6 is 11.8 Å². The van der Waals surface area contributed by atoms with E-state index in [0.29, 0.717) is 27.9 Å². The number of rotatable bonds is 5. The van der Waals surface area contributed by atoms with Crippen molar-refractivity contribution in [1.29, 1.82) is 0 Å². The van der Waals surface area contributed by atoms with Gasteiger partial charge in [0, 0.05) is 10.6 Å². The summed E-state index contributed by atoms with van der Waals surface area (Å²) < 4.78 is 51.8. The summed E-state index contributed by atoms with van der Waals surface area (Å²) in [5.41, 5.74) is 1.82. The highest BCUT2D eigenvalue weighted by molar-refractivity contribution is 7.99. The van der Waals surface area contributed by atoms with Crippen molar-refractivity contribution in [3.8, 4) is 0 Å². The lowest BCUT2D eigenvalue weighted by Gasteiger charge is -2.11. The quantitative estimate of drug-likeness (QED) is 0.818. The average Bonchev–Trinajstić information content (AvgIpc) is 2.43. The molecule has 0 aliphatic rings. The van der Waals surface area contributed by atoms with Crippen LogP contribution in [0.2, 0.25) is 0 Å². The Kier molecular flexibility index (Phi) is 5.08. The van der Waals surface area contributed by atoms with E-state index in [1.807, 2.05) is 13.0 Å². The van der Waals surface area contributed by atoms with Gasteiger partial charge < -0.3 is 0 Å². The molecule has 0 amide bonds. The highest BCUT2D eigenvalue weighted by Crippen LogP contribution is 2.27. The van der Waals surface area contributed by atoms with Gasteiger partial charge in [0.25, 0.3) is 15.8 Å². The van der Waals surface area contributed by atoms with Crippen LogP contribution in [-0.2, 0) is 10.0 Å². The highest BCUT2D eigenvalue weighted by Gasteiger charge is 2.17. The Bertz CT molecular complexity index is 760. The standard InChI is InChI=1S/C15H15F2NO2S2/c1-10-3-4-11(2)14(9-10)22(19,20)18-12-5-7-13(8-6-12)21-15(16)17/h3-9,15,18H,1-2H3. The average molecular weight is 343 g/mol. The molecular formula is C15H15F2NO2S2. The highest BCUT2D eigenvalue weighted by atomic mass is 32.2. The molecule has 0 aliphatic heterocycles. The van der Waals surface area contributed by atoms with Gasteiger partial charge in [0.05, 0.1) is 4.90 Å². The molecule has 0 atom stereocenters. The summed E-state index contributed by atoms with van der Waals surface area (Å²) in [4.78, 5) is 0.586. The minimum absolute atomic E-state index is 0.207. The summed E-state index contributed by atoms with van der Waals surface area (Å²) in [6.07, 6.45) is 0. The summed E-state index contributed by atoms with van der Waals surface area (Å²) in [6, 6.07) is 11.0. The van der Waals surface area contributed by atoms with E-state index >= 15 is 0 Å². The second kappa shape index (κ2) is 6.66. The fourth-order valence-corrected chi connectivity index (χ4v) is 3.80. The van der Waals surface area contributed by atoms with Crippen LogP contribution in [0.1, 0.15) is 11.1 Å². The molecule has 1 N–H and O–H groups in total. The maximum atomic E-state index is 12.4. The molecule has 0 fully saturated rings. The van der Waals surface area contributed by atoms with Gasteiger partial charge in [-0.15, -0.1) is 0 Å². The first-order valence-corrected chi connectivity index (χ1v) is 8.79. The van der Waals surface area contributed by atoms with Crippen LogP contribution in [0.4, 0.5) is 14.5 Å². The Morgan fingerprint density at radius 1 is 1.05 bits per heavy atom. The normalized spacial score (nSPS) is 11.7. The predicted molar refractivity (Wildman–Crippen MR) is 85.0 cm³/mol. The minimum atomic E-state index is -3.71. The van der Waals surface area contributed by atoms with Gasteiger partial charge in [0.1, 0.15) is 0 Å². The molecule has 0 aromatic heterocycles. The predicted octanol–water partition coefficient (Wildman–Crippen LogP) is 4.42. The smallest absolute Gasteiger partial charge is 0.280 e. The van der Waals surface area contributed by atoms with Crippen molar-refractivity contribution >= 4 is 27.5 Å². The van der Waals surface area contributed by atoms with E-state index in [4.69, 9.17) is 0 Å². The minimum Gasteiger partial charge on any atom is -0.280 e. The lowest BCUT2D eigenvalue weighted by Crippen LogP contribution is -2.14. The van der Waals surface area contributed by atoms with Gasteiger partial charge in [-0.25, -0.2) is 8.42 Å². The van der Waals surface area contributed by atoms with E-state index in [-0.39, 0.29) is 4.90 Å². The van der Waals surface area contributed by atoms with Gasteiger partial charge in [-0.3, -0.25) is 4.72 Å².